The molecule has 1 amide bonds. The van der Waals surface area contributed by atoms with Crippen LogP contribution < -0.4 is 14.2 Å². The van der Waals surface area contributed by atoms with Crippen molar-refractivity contribution in [2.24, 2.45) is 0 Å². The molecule has 1 aliphatic rings. The van der Waals surface area contributed by atoms with Crippen LogP contribution in [0.5, 0.6) is 17.2 Å². The maximum absolute atomic E-state index is 14.3. The molecule has 9 nitrogen and oxygen atoms in total. The van der Waals surface area contributed by atoms with Crippen molar-refractivity contribution >= 4 is 16.9 Å². The van der Waals surface area contributed by atoms with Gasteiger partial charge >= 0.3 is 0 Å². The quantitative estimate of drug-likeness (QED) is 0.102. The van der Waals surface area contributed by atoms with Crippen molar-refractivity contribution in [3.63, 3.8) is 0 Å². The minimum Gasteiger partial charge on any atom is -0.493 e. The van der Waals surface area contributed by atoms with Gasteiger partial charge in [-0.05, 0) is 101 Å². The molecule has 11 heteroatoms. The fourth-order valence-electron chi connectivity index (χ4n) is 7.03. The Bertz CT molecular complexity index is 1720. The van der Waals surface area contributed by atoms with Crippen LogP contribution in [0.1, 0.15) is 74.6 Å². The molecule has 1 fully saturated rings. The minimum absolute atomic E-state index is 0.167. The van der Waals surface area contributed by atoms with Crippen molar-refractivity contribution in [1.82, 2.24) is 19.4 Å². The largest absolute Gasteiger partial charge is 0.493 e. The average molecular weight is 723 g/mol. The minimum atomic E-state index is -0.863. The standard InChI is InChI=1S/C29H40F2N2O4.C12H16N2O/c1-6-8-14-32(13-7-2)15-11-29(22-9-10-23(30)24(31)19-22)12-16-33(20-29)28(34)21-17-25(35-3)27(37-5)26(18-21)36-4;1-3-15-9-8-14-10(2)13-11-6-4-5-7-12(11)14/h9-10,17-19H,6-8,11-16,20H2,1-5H3;4-7H,3,8-9H2,1-2H3. The zero-order chi connectivity index (χ0) is 37.7. The Morgan fingerprint density at radius 1 is 0.904 bits per heavy atom. The molecule has 1 unspecified atom stereocenters. The van der Waals surface area contributed by atoms with Gasteiger partial charge in [0.15, 0.2) is 23.1 Å². The first-order valence-electron chi connectivity index (χ1n) is 18.4. The van der Waals surface area contributed by atoms with E-state index in [-0.39, 0.29) is 5.91 Å². The fraction of sp³-hybridized carbons (Fsp3) is 0.512. The van der Waals surface area contributed by atoms with E-state index in [0.717, 1.165) is 82.0 Å². The Morgan fingerprint density at radius 2 is 1.63 bits per heavy atom. The number of ether oxygens (including phenoxy) is 4. The zero-order valence-corrected chi connectivity index (χ0v) is 32.0. The molecule has 4 aromatic rings. The highest BCUT2D eigenvalue weighted by Crippen LogP contribution is 2.42. The molecule has 284 valence electrons. The Balaban J connectivity index is 0.000000334. The van der Waals surface area contributed by atoms with Gasteiger partial charge in [0.25, 0.3) is 5.91 Å². The number of aryl methyl sites for hydroxylation is 1. The predicted molar refractivity (Wildman–Crippen MR) is 202 cm³/mol. The lowest BCUT2D eigenvalue weighted by Gasteiger charge is -2.33. The smallest absolute Gasteiger partial charge is 0.254 e. The number of methoxy groups -OCH3 is 3. The van der Waals surface area contributed by atoms with Gasteiger partial charge in [0, 0.05) is 37.2 Å². The highest BCUT2D eigenvalue weighted by molar-refractivity contribution is 5.96. The third-order valence-electron chi connectivity index (χ3n) is 9.87. The molecular formula is C41H56F2N4O5. The maximum atomic E-state index is 14.3. The number of carbonyl (C=O) groups is 1. The molecule has 0 radical (unpaired) electrons. The van der Waals surface area contributed by atoms with E-state index in [9.17, 15) is 13.6 Å². The summed E-state index contributed by atoms with van der Waals surface area (Å²) >= 11 is 0. The summed E-state index contributed by atoms with van der Waals surface area (Å²) < 4.78 is 52.0. The lowest BCUT2D eigenvalue weighted by molar-refractivity contribution is 0.0779. The van der Waals surface area contributed by atoms with E-state index in [1.54, 1.807) is 23.1 Å². The summed E-state index contributed by atoms with van der Waals surface area (Å²) in [5.41, 5.74) is 2.94. The number of likely N-dealkylation sites (tertiary alicyclic amines) is 1. The van der Waals surface area contributed by atoms with Crippen LogP contribution in [0.25, 0.3) is 11.0 Å². The molecule has 52 heavy (non-hydrogen) atoms. The molecule has 1 aromatic heterocycles. The highest BCUT2D eigenvalue weighted by atomic mass is 19.2. The molecule has 5 rings (SSSR count). The van der Waals surface area contributed by atoms with Crippen LogP contribution in [0.2, 0.25) is 0 Å². The van der Waals surface area contributed by atoms with Gasteiger partial charge in [-0.15, -0.1) is 0 Å². The Hall–Kier alpha value is -4.22. The number of hydrogen-bond donors (Lipinski definition) is 0. The average Bonchev–Trinajstić information content (AvgIpc) is 3.74. The van der Waals surface area contributed by atoms with E-state index >= 15 is 0 Å². The van der Waals surface area contributed by atoms with Crippen molar-refractivity contribution < 1.29 is 32.5 Å². The van der Waals surface area contributed by atoms with Gasteiger partial charge in [0.1, 0.15) is 5.82 Å². The van der Waals surface area contributed by atoms with Crippen molar-refractivity contribution in [1.29, 1.82) is 0 Å². The van der Waals surface area contributed by atoms with E-state index in [1.165, 1.54) is 39.0 Å². The van der Waals surface area contributed by atoms with E-state index in [1.807, 2.05) is 32.0 Å². The summed E-state index contributed by atoms with van der Waals surface area (Å²) in [6.45, 7) is 14.5. The molecule has 0 saturated carbocycles. The fourth-order valence-corrected chi connectivity index (χ4v) is 7.03. The van der Waals surface area contributed by atoms with Crippen molar-refractivity contribution in [3.8, 4) is 17.2 Å². The summed E-state index contributed by atoms with van der Waals surface area (Å²) in [6, 6.07) is 15.7. The molecule has 0 aliphatic carbocycles. The van der Waals surface area contributed by atoms with Crippen LogP contribution in [0, 0.1) is 18.6 Å². The second-order valence-electron chi connectivity index (χ2n) is 13.2. The maximum Gasteiger partial charge on any atom is 0.254 e. The van der Waals surface area contributed by atoms with E-state index in [2.05, 4.69) is 34.4 Å². The molecule has 1 atom stereocenters. The number of benzene rings is 3. The van der Waals surface area contributed by atoms with Crippen LogP contribution in [-0.4, -0.2) is 92.5 Å². The number of fused-ring (bicyclic) bond motifs is 1. The van der Waals surface area contributed by atoms with Crippen LogP contribution in [-0.2, 0) is 16.7 Å². The summed E-state index contributed by atoms with van der Waals surface area (Å²) in [6.07, 6.45) is 4.70. The van der Waals surface area contributed by atoms with E-state index in [4.69, 9.17) is 18.9 Å². The molecule has 0 N–H and O–H groups in total. The van der Waals surface area contributed by atoms with Gasteiger partial charge in [-0.1, -0.05) is 38.5 Å². The summed E-state index contributed by atoms with van der Waals surface area (Å²) in [5, 5.41) is 0. The van der Waals surface area contributed by atoms with Gasteiger partial charge in [0.05, 0.1) is 39.0 Å². The Labute approximate surface area is 307 Å². The third kappa shape index (κ3) is 9.80. The number of imidazole rings is 1. The second-order valence-corrected chi connectivity index (χ2v) is 13.2. The van der Waals surface area contributed by atoms with Gasteiger partial charge in [-0.3, -0.25) is 4.79 Å². The van der Waals surface area contributed by atoms with Gasteiger partial charge < -0.3 is 33.3 Å². The molecule has 2 heterocycles. The van der Waals surface area contributed by atoms with Crippen LogP contribution in [0.3, 0.4) is 0 Å². The normalized spacial score (nSPS) is 15.5. The van der Waals surface area contributed by atoms with Gasteiger partial charge in [-0.25, -0.2) is 13.8 Å². The number of carbonyl (C=O) groups excluding carboxylic acids is 1. The van der Waals surface area contributed by atoms with Crippen LogP contribution >= 0.6 is 0 Å². The number of hydrogen-bond acceptors (Lipinski definition) is 7. The van der Waals surface area contributed by atoms with Crippen LogP contribution in [0.4, 0.5) is 8.78 Å². The number of aromatic nitrogens is 2. The molecule has 0 spiro atoms. The zero-order valence-electron chi connectivity index (χ0n) is 32.0. The van der Waals surface area contributed by atoms with Crippen molar-refractivity contribution in [2.45, 2.75) is 71.8 Å². The highest BCUT2D eigenvalue weighted by Gasteiger charge is 2.42. The van der Waals surface area contributed by atoms with Crippen LogP contribution in [0.15, 0.2) is 54.6 Å². The van der Waals surface area contributed by atoms with Gasteiger partial charge in [0.2, 0.25) is 5.75 Å². The Morgan fingerprint density at radius 3 is 2.27 bits per heavy atom. The molecule has 0 bridgehead atoms. The number of amides is 1. The van der Waals surface area contributed by atoms with Crippen molar-refractivity contribution in [3.05, 3.63) is 83.2 Å². The summed E-state index contributed by atoms with van der Waals surface area (Å²) in [5.74, 6) is 0.392. The number of para-hydroxylation sites is 2. The first-order valence-corrected chi connectivity index (χ1v) is 18.4. The number of rotatable bonds is 17. The summed E-state index contributed by atoms with van der Waals surface area (Å²) in [7, 11) is 4.53. The topological polar surface area (TPSA) is 78.3 Å². The molecular weight excluding hydrogens is 666 g/mol. The van der Waals surface area contributed by atoms with Crippen molar-refractivity contribution in [2.75, 3.05) is 67.3 Å². The second kappa shape index (κ2) is 19.6. The first-order chi connectivity index (χ1) is 25.1. The first kappa shape index (κ1) is 40.5. The predicted octanol–water partition coefficient (Wildman–Crippen LogP) is 8.06. The van der Waals surface area contributed by atoms with E-state index in [0.29, 0.717) is 42.3 Å². The van der Waals surface area contributed by atoms with Gasteiger partial charge in [-0.2, -0.15) is 0 Å². The third-order valence-corrected chi connectivity index (χ3v) is 9.87. The number of nitrogens with zero attached hydrogens (tertiary/aromatic N) is 4. The lowest BCUT2D eigenvalue weighted by Crippen LogP contribution is -2.38. The monoisotopic (exact) mass is 722 g/mol. The summed E-state index contributed by atoms with van der Waals surface area (Å²) in [4.78, 5) is 22.4. The SMILES string of the molecule is CCCCN(CCC)CCC1(c2ccc(F)c(F)c2)CCN(C(=O)c2cc(OC)c(OC)c(OC)c2)C1.CCOCCn1c(C)nc2ccccc21. The molecule has 3 aromatic carbocycles. The number of halogens is 2. The molecule has 1 saturated heterocycles. The molecule has 1 aliphatic heterocycles. The van der Waals surface area contributed by atoms with E-state index < -0.39 is 17.0 Å². The lowest BCUT2D eigenvalue weighted by atomic mass is 9.76. The Kier molecular flexibility index (Phi) is 15.3. The number of unbranched alkanes of at least 4 members (excludes halogenated alkanes) is 1.